The molecule has 0 amide bonds. The van der Waals surface area contributed by atoms with E-state index in [1.807, 2.05) is 24.3 Å². The van der Waals surface area contributed by atoms with Crippen LogP contribution in [-0.2, 0) is 0 Å². The van der Waals surface area contributed by atoms with Crippen LogP contribution in [0.3, 0.4) is 0 Å². The first-order chi connectivity index (χ1) is 17.6. The van der Waals surface area contributed by atoms with Gasteiger partial charge >= 0.3 is 0 Å². The zero-order valence-corrected chi connectivity index (χ0v) is 22.4. The minimum absolute atomic E-state index is 0.195. The molecule has 1 heterocycles. The van der Waals surface area contributed by atoms with Gasteiger partial charge in [0.05, 0.1) is 12.0 Å². The summed E-state index contributed by atoms with van der Waals surface area (Å²) < 4.78 is 12.0. The molecule has 0 aliphatic heterocycles. The van der Waals surface area contributed by atoms with Crippen LogP contribution in [0.4, 0.5) is 5.69 Å². The van der Waals surface area contributed by atoms with E-state index in [-0.39, 0.29) is 11.5 Å². The second-order valence-electron chi connectivity index (χ2n) is 9.62. The number of hydrogen-bond donors (Lipinski definition) is 1. The molecule has 0 aliphatic rings. The van der Waals surface area contributed by atoms with Gasteiger partial charge in [-0.25, -0.2) is 0 Å². The molecule has 3 rings (SSSR count). The van der Waals surface area contributed by atoms with Gasteiger partial charge in [-0.15, -0.1) is 0 Å². The summed E-state index contributed by atoms with van der Waals surface area (Å²) in [5.41, 5.74) is 1.82. The normalized spacial score (nSPS) is 11.2. The van der Waals surface area contributed by atoms with Crippen molar-refractivity contribution in [1.82, 2.24) is 0 Å². The Labute approximate surface area is 216 Å². The van der Waals surface area contributed by atoms with Crippen LogP contribution in [0, 0.1) is 0 Å². The fraction of sp³-hybridized carbons (Fsp3) is 0.516. The van der Waals surface area contributed by atoms with E-state index in [4.69, 9.17) is 9.15 Å². The number of ether oxygens (including phenoxy) is 1. The Balaban J connectivity index is 1.76. The topological polar surface area (TPSA) is 62.9 Å². The van der Waals surface area contributed by atoms with Crippen molar-refractivity contribution in [3.63, 3.8) is 0 Å². The molecule has 5 heteroatoms. The Morgan fingerprint density at radius 1 is 0.806 bits per heavy atom. The number of hydrogen-bond acceptors (Lipinski definition) is 5. The first-order valence-electron chi connectivity index (χ1n) is 13.9. The lowest BCUT2D eigenvalue weighted by molar-refractivity contribution is 0.304. The Morgan fingerprint density at radius 3 is 2.11 bits per heavy atom. The predicted molar refractivity (Wildman–Crippen MR) is 150 cm³/mol. The van der Waals surface area contributed by atoms with E-state index >= 15 is 0 Å². The van der Waals surface area contributed by atoms with Crippen molar-refractivity contribution >= 4 is 16.7 Å². The van der Waals surface area contributed by atoms with Crippen LogP contribution in [-0.4, -0.2) is 24.8 Å². The molecule has 0 spiro atoms. The average Bonchev–Trinajstić information content (AvgIpc) is 2.90. The Hall–Kier alpha value is -2.95. The maximum Gasteiger partial charge on any atom is 0.235 e. The maximum absolute atomic E-state index is 12.9. The molecule has 5 nitrogen and oxygen atoms in total. The third-order valence-corrected chi connectivity index (χ3v) is 6.66. The van der Waals surface area contributed by atoms with Gasteiger partial charge < -0.3 is 19.2 Å². The lowest BCUT2D eigenvalue weighted by Crippen LogP contribution is -2.25. The molecular weight excluding hydrogens is 450 g/mol. The molecule has 0 radical (unpaired) electrons. The van der Waals surface area contributed by atoms with Crippen molar-refractivity contribution in [2.45, 2.75) is 85.0 Å². The minimum Gasteiger partial charge on any atom is -0.502 e. The van der Waals surface area contributed by atoms with E-state index in [1.54, 1.807) is 18.2 Å². The van der Waals surface area contributed by atoms with Crippen molar-refractivity contribution in [2.75, 3.05) is 24.6 Å². The van der Waals surface area contributed by atoms with Crippen LogP contribution in [0.2, 0.25) is 0 Å². The number of nitrogens with zero attached hydrogens (tertiary/aromatic N) is 1. The molecule has 3 aromatic rings. The largest absolute Gasteiger partial charge is 0.502 e. The summed E-state index contributed by atoms with van der Waals surface area (Å²) in [6.07, 6.45) is 11.8. The molecule has 0 atom stereocenters. The van der Waals surface area contributed by atoms with E-state index in [1.165, 1.54) is 25.7 Å². The number of fused-ring (bicyclic) bond motifs is 1. The van der Waals surface area contributed by atoms with Gasteiger partial charge in [-0.1, -0.05) is 65.7 Å². The summed E-state index contributed by atoms with van der Waals surface area (Å²) in [5.74, 6) is 0.513. The predicted octanol–water partition coefficient (Wildman–Crippen LogP) is 8.31. The molecule has 0 aliphatic carbocycles. The van der Waals surface area contributed by atoms with Crippen LogP contribution in [0.25, 0.3) is 22.3 Å². The summed E-state index contributed by atoms with van der Waals surface area (Å²) in [6, 6.07) is 13.1. The van der Waals surface area contributed by atoms with Gasteiger partial charge in [0, 0.05) is 30.4 Å². The molecule has 1 N–H and O–H groups in total. The maximum atomic E-state index is 12.9. The van der Waals surface area contributed by atoms with Crippen LogP contribution in [0.5, 0.6) is 11.5 Å². The van der Waals surface area contributed by atoms with Crippen LogP contribution in [0.15, 0.2) is 51.7 Å². The van der Waals surface area contributed by atoms with Gasteiger partial charge in [-0.2, -0.15) is 0 Å². The standard InChI is InChI=1S/C31H43NO4/c1-4-7-10-11-12-13-22-35-26-18-19-27-28(23-26)36-31(30(34)29(27)33)24-14-16-25(17-15-24)32(20-8-5-2)21-9-6-3/h14-19,23,34H,4-13,20-22H2,1-3H3. The molecule has 1 aromatic heterocycles. The number of rotatable bonds is 16. The molecule has 0 unspecified atom stereocenters. The number of anilines is 1. The molecule has 196 valence electrons. The Kier molecular flexibility index (Phi) is 11.2. The quantitative estimate of drug-likeness (QED) is 0.203. The third kappa shape index (κ3) is 7.52. The second-order valence-corrected chi connectivity index (χ2v) is 9.62. The summed E-state index contributed by atoms with van der Waals surface area (Å²) in [5, 5.41) is 11.0. The number of benzene rings is 2. The molecule has 0 saturated carbocycles. The highest BCUT2D eigenvalue weighted by molar-refractivity contribution is 5.83. The van der Waals surface area contributed by atoms with E-state index in [9.17, 15) is 9.90 Å². The number of aromatic hydroxyl groups is 1. The van der Waals surface area contributed by atoms with Crippen molar-refractivity contribution in [3.8, 4) is 22.8 Å². The lowest BCUT2D eigenvalue weighted by atomic mass is 10.1. The fourth-order valence-corrected chi connectivity index (χ4v) is 4.41. The zero-order chi connectivity index (χ0) is 25.8. The first-order valence-corrected chi connectivity index (χ1v) is 13.9. The Bertz CT molecular complexity index is 1110. The molecule has 0 fully saturated rings. The second kappa shape index (κ2) is 14.6. The van der Waals surface area contributed by atoms with E-state index in [0.29, 0.717) is 28.9 Å². The van der Waals surface area contributed by atoms with Gasteiger partial charge in [-0.3, -0.25) is 4.79 Å². The average molecular weight is 494 g/mol. The molecular formula is C31H43NO4. The smallest absolute Gasteiger partial charge is 0.235 e. The van der Waals surface area contributed by atoms with Crippen molar-refractivity contribution in [3.05, 3.63) is 52.7 Å². The highest BCUT2D eigenvalue weighted by atomic mass is 16.5. The Morgan fingerprint density at radius 2 is 1.44 bits per heavy atom. The van der Waals surface area contributed by atoms with Crippen molar-refractivity contribution in [2.24, 2.45) is 0 Å². The minimum atomic E-state index is -0.426. The van der Waals surface area contributed by atoms with Crippen LogP contribution in [0.1, 0.15) is 85.0 Å². The molecule has 2 aromatic carbocycles. The van der Waals surface area contributed by atoms with Crippen LogP contribution >= 0.6 is 0 Å². The monoisotopic (exact) mass is 493 g/mol. The zero-order valence-electron chi connectivity index (χ0n) is 22.4. The van der Waals surface area contributed by atoms with E-state index in [2.05, 4.69) is 25.7 Å². The van der Waals surface area contributed by atoms with E-state index < -0.39 is 5.43 Å². The molecule has 0 bridgehead atoms. The van der Waals surface area contributed by atoms with Crippen LogP contribution < -0.4 is 15.1 Å². The lowest BCUT2D eigenvalue weighted by Gasteiger charge is -2.25. The summed E-state index contributed by atoms with van der Waals surface area (Å²) in [6.45, 7) is 9.31. The van der Waals surface area contributed by atoms with E-state index in [0.717, 1.165) is 57.3 Å². The summed E-state index contributed by atoms with van der Waals surface area (Å²) in [7, 11) is 0. The SMILES string of the molecule is CCCCCCCCOc1ccc2c(=O)c(O)c(-c3ccc(N(CCCC)CCCC)cc3)oc2c1. The van der Waals surface area contributed by atoms with Crippen molar-refractivity contribution in [1.29, 1.82) is 0 Å². The van der Waals surface area contributed by atoms with Gasteiger partial charge in [0.1, 0.15) is 11.3 Å². The fourth-order valence-electron chi connectivity index (χ4n) is 4.41. The molecule has 0 saturated heterocycles. The molecule has 36 heavy (non-hydrogen) atoms. The third-order valence-electron chi connectivity index (χ3n) is 6.66. The highest BCUT2D eigenvalue weighted by Gasteiger charge is 2.16. The summed E-state index contributed by atoms with van der Waals surface area (Å²) >= 11 is 0. The highest BCUT2D eigenvalue weighted by Crippen LogP contribution is 2.32. The van der Waals surface area contributed by atoms with Crippen molar-refractivity contribution < 1.29 is 14.3 Å². The van der Waals surface area contributed by atoms with Gasteiger partial charge in [0.2, 0.25) is 11.2 Å². The number of unbranched alkanes of at least 4 members (excludes halogenated alkanes) is 7. The van der Waals surface area contributed by atoms with Gasteiger partial charge in [0.25, 0.3) is 0 Å². The van der Waals surface area contributed by atoms with Gasteiger partial charge in [-0.05, 0) is 55.7 Å². The first kappa shape index (κ1) is 27.6. The summed E-state index contributed by atoms with van der Waals surface area (Å²) in [4.78, 5) is 15.3. The van der Waals surface area contributed by atoms with Gasteiger partial charge in [0.15, 0.2) is 5.76 Å².